The summed E-state index contributed by atoms with van der Waals surface area (Å²) in [5.41, 5.74) is 0.976. The van der Waals surface area contributed by atoms with Crippen LogP contribution >= 0.6 is 0 Å². The molecule has 1 aliphatic rings. The first kappa shape index (κ1) is 26.4. The van der Waals surface area contributed by atoms with Gasteiger partial charge in [-0.05, 0) is 71.9 Å². The van der Waals surface area contributed by atoms with Gasteiger partial charge in [-0.1, -0.05) is 38.1 Å². The molecule has 3 nitrogen and oxygen atoms in total. The van der Waals surface area contributed by atoms with E-state index in [-0.39, 0.29) is 18.0 Å². The van der Waals surface area contributed by atoms with Gasteiger partial charge in [0.05, 0.1) is 17.4 Å². The topological polar surface area (TPSA) is 49.3 Å². The van der Waals surface area contributed by atoms with E-state index < -0.39 is 35.7 Å². The largest absolute Gasteiger partial charge is 0.481 e. The highest BCUT2D eigenvalue weighted by atomic mass is 19.4. The third-order valence-electron chi connectivity index (χ3n) is 5.69. The van der Waals surface area contributed by atoms with Crippen molar-refractivity contribution in [2.24, 2.45) is 11.8 Å². The Bertz CT molecular complexity index is 1110. The summed E-state index contributed by atoms with van der Waals surface area (Å²) in [7, 11) is 0. The zero-order chi connectivity index (χ0) is 26.0. The Morgan fingerprint density at radius 3 is 2.23 bits per heavy atom. The normalized spacial score (nSPS) is 17.3. The molecule has 2 aromatic rings. The Labute approximate surface area is 199 Å². The molecule has 0 radical (unpaired) electrons. The van der Waals surface area contributed by atoms with Gasteiger partial charge in [-0.3, -0.25) is 4.79 Å². The molecule has 0 bridgehead atoms. The molecule has 3 rings (SSSR count). The Morgan fingerprint density at radius 2 is 1.69 bits per heavy atom. The number of benzene rings is 2. The van der Waals surface area contributed by atoms with Crippen molar-refractivity contribution in [1.29, 1.82) is 0 Å². The van der Waals surface area contributed by atoms with Crippen LogP contribution in [0.2, 0.25) is 0 Å². The number of carboxylic acids is 1. The third kappa shape index (κ3) is 6.90. The van der Waals surface area contributed by atoms with Crippen molar-refractivity contribution in [2.75, 3.05) is 5.32 Å². The van der Waals surface area contributed by atoms with Gasteiger partial charge in [-0.25, -0.2) is 0 Å². The average Bonchev–Trinajstić information content (AvgIpc) is 2.76. The Morgan fingerprint density at radius 1 is 1.03 bits per heavy atom. The van der Waals surface area contributed by atoms with Crippen LogP contribution in [0.15, 0.2) is 66.4 Å². The molecular weight excluding hydrogens is 472 g/mol. The number of allylic oxidation sites excluding steroid dienone is 3. The number of alkyl halides is 6. The Balaban J connectivity index is 2.05. The monoisotopic (exact) mass is 497 g/mol. The van der Waals surface area contributed by atoms with Crippen molar-refractivity contribution in [3.63, 3.8) is 0 Å². The highest BCUT2D eigenvalue weighted by Crippen LogP contribution is 2.36. The van der Waals surface area contributed by atoms with Crippen LogP contribution < -0.4 is 5.32 Å². The quantitative estimate of drug-likeness (QED) is 0.381. The van der Waals surface area contributed by atoms with Gasteiger partial charge in [0.1, 0.15) is 0 Å². The lowest BCUT2D eigenvalue weighted by molar-refractivity contribution is -0.160. The number of aliphatic carboxylic acids is 1. The highest BCUT2D eigenvalue weighted by molar-refractivity contribution is 5.79. The summed E-state index contributed by atoms with van der Waals surface area (Å²) in [5, 5.41) is 12.7. The predicted octanol–water partition coefficient (Wildman–Crippen LogP) is 8.02. The van der Waals surface area contributed by atoms with E-state index in [1.54, 1.807) is 18.2 Å². The van der Waals surface area contributed by atoms with Gasteiger partial charge in [0.25, 0.3) is 0 Å². The zero-order valence-corrected chi connectivity index (χ0v) is 19.0. The molecule has 0 fully saturated rings. The second-order valence-electron chi connectivity index (χ2n) is 8.97. The molecule has 9 heteroatoms. The standard InChI is InChI=1S/C26H25F6NO2/c1-15(2)10-23(24(34)35)18-11-17(16-6-8-19(9-7-16)25(27,28)29)12-22(13-18)33-21-5-3-4-20(14-21)26(30,31)32/h3,5-9,11-15,20,23,33H,4,10H2,1-2H3,(H,34,35). The fraction of sp³-hybridized carbons (Fsp3) is 0.346. The molecule has 0 aliphatic heterocycles. The van der Waals surface area contributed by atoms with Crippen molar-refractivity contribution in [3.05, 3.63) is 77.5 Å². The van der Waals surface area contributed by atoms with E-state index in [0.717, 1.165) is 18.2 Å². The zero-order valence-electron chi connectivity index (χ0n) is 19.0. The van der Waals surface area contributed by atoms with Crippen LogP contribution in [0.1, 0.15) is 43.7 Å². The summed E-state index contributed by atoms with van der Waals surface area (Å²) in [6.45, 7) is 3.73. The number of rotatable bonds is 7. The van der Waals surface area contributed by atoms with Gasteiger partial charge in [-0.15, -0.1) is 0 Å². The van der Waals surface area contributed by atoms with E-state index in [0.29, 0.717) is 28.8 Å². The first-order valence-electron chi connectivity index (χ1n) is 11.0. The molecule has 2 aromatic carbocycles. The maximum absolute atomic E-state index is 13.2. The lowest BCUT2D eigenvalue weighted by Crippen LogP contribution is -2.23. The number of nitrogens with one attached hydrogen (secondary N) is 1. The van der Waals surface area contributed by atoms with Gasteiger partial charge in [-0.2, -0.15) is 26.3 Å². The van der Waals surface area contributed by atoms with E-state index in [1.165, 1.54) is 24.3 Å². The van der Waals surface area contributed by atoms with Crippen LogP contribution in [0.3, 0.4) is 0 Å². The second-order valence-corrected chi connectivity index (χ2v) is 8.97. The van der Waals surface area contributed by atoms with Gasteiger partial charge in [0.15, 0.2) is 0 Å². The van der Waals surface area contributed by atoms with Gasteiger partial charge in [0.2, 0.25) is 0 Å². The molecule has 2 N–H and O–H groups in total. The number of hydrogen-bond donors (Lipinski definition) is 2. The minimum absolute atomic E-state index is 0.0405. The van der Waals surface area contributed by atoms with Crippen LogP contribution in [0.4, 0.5) is 32.0 Å². The van der Waals surface area contributed by atoms with Crippen LogP contribution in [0.5, 0.6) is 0 Å². The second kappa shape index (κ2) is 10.2. The van der Waals surface area contributed by atoms with Gasteiger partial charge in [0, 0.05) is 11.4 Å². The molecule has 2 atom stereocenters. The molecular formula is C26H25F6NO2. The summed E-state index contributed by atoms with van der Waals surface area (Å²) >= 11 is 0. The molecule has 0 spiro atoms. The minimum atomic E-state index is -4.51. The summed E-state index contributed by atoms with van der Waals surface area (Å²) < 4.78 is 78.5. The Kier molecular flexibility index (Phi) is 7.67. The SMILES string of the molecule is CC(C)CC(C(=O)O)c1cc(NC2=CC(C(F)(F)F)CC=C2)cc(-c2ccc(C(F)(F)F)cc2)c1. The summed E-state index contributed by atoms with van der Waals surface area (Å²) in [4.78, 5) is 12.0. The van der Waals surface area contributed by atoms with Crippen LogP contribution in [0, 0.1) is 11.8 Å². The van der Waals surface area contributed by atoms with E-state index >= 15 is 0 Å². The lowest BCUT2D eigenvalue weighted by atomic mass is 9.88. The molecule has 0 heterocycles. The number of halogens is 6. The Hall–Kier alpha value is -3.23. The lowest BCUT2D eigenvalue weighted by Gasteiger charge is -2.22. The van der Waals surface area contributed by atoms with Crippen LogP contribution in [-0.4, -0.2) is 17.3 Å². The molecule has 0 amide bonds. The highest BCUT2D eigenvalue weighted by Gasteiger charge is 2.38. The average molecular weight is 497 g/mol. The van der Waals surface area contributed by atoms with Crippen molar-refractivity contribution < 1.29 is 36.2 Å². The maximum Gasteiger partial charge on any atom is 0.416 e. The first-order chi connectivity index (χ1) is 16.2. The van der Waals surface area contributed by atoms with Crippen molar-refractivity contribution in [2.45, 2.75) is 45.0 Å². The summed E-state index contributed by atoms with van der Waals surface area (Å²) in [6, 6.07) is 9.15. The molecule has 1 aliphatic carbocycles. The summed E-state index contributed by atoms with van der Waals surface area (Å²) in [6.07, 6.45) is -4.81. The van der Waals surface area contributed by atoms with Gasteiger partial charge < -0.3 is 10.4 Å². The molecule has 0 saturated carbocycles. The maximum atomic E-state index is 13.2. The molecule has 0 saturated heterocycles. The third-order valence-corrected chi connectivity index (χ3v) is 5.69. The number of hydrogen-bond acceptors (Lipinski definition) is 2. The fourth-order valence-corrected chi connectivity index (χ4v) is 3.95. The molecule has 35 heavy (non-hydrogen) atoms. The van der Waals surface area contributed by atoms with Crippen molar-refractivity contribution in [1.82, 2.24) is 0 Å². The van der Waals surface area contributed by atoms with E-state index in [1.807, 2.05) is 13.8 Å². The number of carboxylic acid groups (broad SMARTS) is 1. The molecule has 0 aromatic heterocycles. The first-order valence-corrected chi connectivity index (χ1v) is 11.0. The fourth-order valence-electron chi connectivity index (χ4n) is 3.95. The van der Waals surface area contributed by atoms with Crippen LogP contribution in [-0.2, 0) is 11.0 Å². The number of anilines is 1. The van der Waals surface area contributed by atoms with E-state index in [2.05, 4.69) is 5.32 Å². The summed E-state index contributed by atoms with van der Waals surface area (Å²) in [5.74, 6) is -3.58. The van der Waals surface area contributed by atoms with Crippen molar-refractivity contribution >= 4 is 11.7 Å². The minimum Gasteiger partial charge on any atom is -0.481 e. The van der Waals surface area contributed by atoms with Gasteiger partial charge >= 0.3 is 18.3 Å². The predicted molar refractivity (Wildman–Crippen MR) is 122 cm³/mol. The smallest absolute Gasteiger partial charge is 0.416 e. The van der Waals surface area contributed by atoms with Crippen LogP contribution in [0.25, 0.3) is 11.1 Å². The van der Waals surface area contributed by atoms with E-state index in [4.69, 9.17) is 0 Å². The molecule has 188 valence electrons. The van der Waals surface area contributed by atoms with Crippen molar-refractivity contribution in [3.8, 4) is 11.1 Å². The van der Waals surface area contributed by atoms with E-state index in [9.17, 15) is 36.2 Å². The molecule has 2 unspecified atom stereocenters. The number of carbonyl (C=O) groups is 1.